The third-order valence-corrected chi connectivity index (χ3v) is 3.71. The van der Waals surface area contributed by atoms with E-state index in [1.165, 1.54) is 5.56 Å². The van der Waals surface area contributed by atoms with Crippen molar-refractivity contribution in [2.45, 2.75) is 12.3 Å². The fourth-order valence-electron chi connectivity index (χ4n) is 1.98. The van der Waals surface area contributed by atoms with Crippen LogP contribution in [-0.4, -0.2) is 18.3 Å². The summed E-state index contributed by atoms with van der Waals surface area (Å²) in [5, 5.41) is 9.25. The Balaban J connectivity index is 2.16. The van der Waals surface area contributed by atoms with Crippen LogP contribution in [-0.2, 0) is 0 Å². The van der Waals surface area contributed by atoms with Crippen molar-refractivity contribution < 1.29 is 5.11 Å². The van der Waals surface area contributed by atoms with Crippen molar-refractivity contribution in [1.82, 2.24) is 0 Å². The highest BCUT2D eigenvalue weighted by molar-refractivity contribution is 9.10. The SMILES string of the molecule is NCC1(CO)CC1c1ccc(Br)cc1. The van der Waals surface area contributed by atoms with E-state index in [-0.39, 0.29) is 12.0 Å². The van der Waals surface area contributed by atoms with Gasteiger partial charge in [-0.05, 0) is 30.0 Å². The molecule has 0 amide bonds. The Morgan fingerprint density at radius 2 is 2.07 bits per heavy atom. The zero-order chi connectivity index (χ0) is 10.2. The van der Waals surface area contributed by atoms with Gasteiger partial charge in [0.25, 0.3) is 0 Å². The average molecular weight is 256 g/mol. The molecule has 0 aliphatic heterocycles. The summed E-state index contributed by atoms with van der Waals surface area (Å²) in [6, 6.07) is 8.27. The molecule has 1 aliphatic rings. The molecule has 2 rings (SSSR count). The summed E-state index contributed by atoms with van der Waals surface area (Å²) < 4.78 is 1.09. The molecule has 76 valence electrons. The first kappa shape index (κ1) is 10.1. The number of hydrogen-bond donors (Lipinski definition) is 2. The summed E-state index contributed by atoms with van der Waals surface area (Å²) in [5.41, 5.74) is 6.92. The summed E-state index contributed by atoms with van der Waals surface area (Å²) in [6.07, 6.45) is 1.02. The highest BCUT2D eigenvalue weighted by atomic mass is 79.9. The minimum Gasteiger partial charge on any atom is -0.396 e. The summed E-state index contributed by atoms with van der Waals surface area (Å²) >= 11 is 3.40. The molecule has 2 atom stereocenters. The third kappa shape index (κ3) is 1.60. The van der Waals surface area contributed by atoms with Gasteiger partial charge in [0.1, 0.15) is 0 Å². The van der Waals surface area contributed by atoms with Crippen LogP contribution in [0.15, 0.2) is 28.7 Å². The molecule has 2 unspecified atom stereocenters. The van der Waals surface area contributed by atoms with Gasteiger partial charge >= 0.3 is 0 Å². The quantitative estimate of drug-likeness (QED) is 0.867. The summed E-state index contributed by atoms with van der Waals surface area (Å²) in [6.45, 7) is 0.772. The Bertz CT molecular complexity index is 319. The second-order valence-electron chi connectivity index (χ2n) is 4.03. The lowest BCUT2D eigenvalue weighted by Gasteiger charge is -2.10. The van der Waals surface area contributed by atoms with Gasteiger partial charge < -0.3 is 10.8 Å². The minimum atomic E-state index is -0.0339. The van der Waals surface area contributed by atoms with Crippen molar-refractivity contribution >= 4 is 15.9 Å². The van der Waals surface area contributed by atoms with E-state index in [0.29, 0.717) is 12.5 Å². The first-order valence-corrected chi connectivity index (χ1v) is 5.57. The van der Waals surface area contributed by atoms with Crippen molar-refractivity contribution in [2.75, 3.05) is 13.2 Å². The smallest absolute Gasteiger partial charge is 0.0505 e. The number of halogens is 1. The van der Waals surface area contributed by atoms with Crippen molar-refractivity contribution in [2.24, 2.45) is 11.1 Å². The highest BCUT2D eigenvalue weighted by Gasteiger charge is 2.53. The van der Waals surface area contributed by atoms with E-state index < -0.39 is 0 Å². The molecule has 1 aliphatic carbocycles. The van der Waals surface area contributed by atoms with Crippen LogP contribution >= 0.6 is 15.9 Å². The second-order valence-corrected chi connectivity index (χ2v) is 4.95. The fourth-order valence-corrected chi connectivity index (χ4v) is 2.24. The standard InChI is InChI=1S/C11H14BrNO/c12-9-3-1-8(2-4-9)10-5-11(10,6-13)7-14/h1-4,10,14H,5-7,13H2. The molecule has 3 heteroatoms. The lowest BCUT2D eigenvalue weighted by atomic mass is 10.0. The summed E-state index contributed by atoms with van der Waals surface area (Å²) in [7, 11) is 0. The molecule has 3 N–H and O–H groups in total. The molecular weight excluding hydrogens is 242 g/mol. The second kappa shape index (κ2) is 3.65. The maximum absolute atomic E-state index is 9.25. The summed E-state index contributed by atoms with van der Waals surface area (Å²) in [4.78, 5) is 0. The molecule has 0 aromatic heterocycles. The van der Waals surface area contributed by atoms with Gasteiger partial charge in [0.2, 0.25) is 0 Å². The molecule has 14 heavy (non-hydrogen) atoms. The van der Waals surface area contributed by atoms with E-state index in [0.717, 1.165) is 10.9 Å². The van der Waals surface area contributed by atoms with Crippen molar-refractivity contribution in [3.05, 3.63) is 34.3 Å². The third-order valence-electron chi connectivity index (χ3n) is 3.18. The molecular formula is C11H14BrNO. The average Bonchev–Trinajstić information content (AvgIpc) is 2.94. The van der Waals surface area contributed by atoms with Gasteiger partial charge in [-0.2, -0.15) is 0 Å². The van der Waals surface area contributed by atoms with E-state index >= 15 is 0 Å². The maximum atomic E-state index is 9.25. The zero-order valence-electron chi connectivity index (χ0n) is 7.91. The first-order chi connectivity index (χ1) is 6.72. The number of nitrogens with two attached hydrogens (primary N) is 1. The molecule has 1 aromatic carbocycles. The fraction of sp³-hybridized carbons (Fsp3) is 0.455. The first-order valence-electron chi connectivity index (χ1n) is 4.78. The number of aliphatic hydroxyl groups excluding tert-OH is 1. The van der Waals surface area contributed by atoms with Crippen molar-refractivity contribution in [3.63, 3.8) is 0 Å². The lowest BCUT2D eigenvalue weighted by molar-refractivity contribution is 0.211. The van der Waals surface area contributed by atoms with Gasteiger partial charge in [0, 0.05) is 16.4 Å². The minimum absolute atomic E-state index is 0.0339. The van der Waals surface area contributed by atoms with E-state index in [1.807, 2.05) is 12.1 Å². The van der Waals surface area contributed by atoms with Crippen LogP contribution < -0.4 is 5.73 Å². The van der Waals surface area contributed by atoms with Crippen LogP contribution in [0.4, 0.5) is 0 Å². The van der Waals surface area contributed by atoms with Crippen LogP contribution in [0, 0.1) is 5.41 Å². The predicted octanol–water partition coefficient (Wildman–Crippen LogP) is 1.87. The van der Waals surface area contributed by atoms with Crippen molar-refractivity contribution in [1.29, 1.82) is 0 Å². The molecule has 0 radical (unpaired) electrons. The van der Waals surface area contributed by atoms with Gasteiger partial charge in [0.15, 0.2) is 0 Å². The molecule has 0 saturated heterocycles. The van der Waals surface area contributed by atoms with Crippen LogP contribution in [0.5, 0.6) is 0 Å². The Morgan fingerprint density at radius 1 is 1.43 bits per heavy atom. The van der Waals surface area contributed by atoms with Crippen molar-refractivity contribution in [3.8, 4) is 0 Å². The largest absolute Gasteiger partial charge is 0.396 e. The van der Waals surface area contributed by atoms with Gasteiger partial charge in [-0.15, -0.1) is 0 Å². The van der Waals surface area contributed by atoms with Gasteiger partial charge in [0.05, 0.1) is 6.61 Å². The lowest BCUT2D eigenvalue weighted by Crippen LogP contribution is -2.21. The van der Waals surface area contributed by atoms with Crippen LogP contribution in [0.25, 0.3) is 0 Å². The van der Waals surface area contributed by atoms with E-state index in [9.17, 15) is 5.11 Å². The predicted molar refractivity (Wildman–Crippen MR) is 60.1 cm³/mol. The molecule has 2 nitrogen and oxygen atoms in total. The Hall–Kier alpha value is -0.380. The topological polar surface area (TPSA) is 46.2 Å². The molecule has 0 heterocycles. The Morgan fingerprint density at radius 3 is 2.50 bits per heavy atom. The van der Waals surface area contributed by atoms with E-state index in [2.05, 4.69) is 28.1 Å². The summed E-state index contributed by atoms with van der Waals surface area (Å²) in [5.74, 6) is 0.450. The molecule has 1 saturated carbocycles. The van der Waals surface area contributed by atoms with Gasteiger partial charge in [-0.25, -0.2) is 0 Å². The molecule has 1 fully saturated rings. The van der Waals surface area contributed by atoms with Gasteiger partial charge in [-0.3, -0.25) is 0 Å². The monoisotopic (exact) mass is 255 g/mol. The van der Waals surface area contributed by atoms with Gasteiger partial charge in [-0.1, -0.05) is 28.1 Å². The van der Waals surface area contributed by atoms with E-state index in [4.69, 9.17) is 5.73 Å². The normalized spacial score (nSPS) is 30.4. The highest BCUT2D eigenvalue weighted by Crippen LogP contribution is 2.58. The zero-order valence-corrected chi connectivity index (χ0v) is 9.50. The van der Waals surface area contributed by atoms with Crippen LogP contribution in [0.2, 0.25) is 0 Å². The maximum Gasteiger partial charge on any atom is 0.0505 e. The Kier molecular flexibility index (Phi) is 2.64. The molecule has 1 aromatic rings. The van der Waals surface area contributed by atoms with Crippen LogP contribution in [0.1, 0.15) is 17.9 Å². The Labute approximate surface area is 92.3 Å². The molecule has 0 spiro atoms. The number of hydrogen-bond acceptors (Lipinski definition) is 2. The van der Waals surface area contributed by atoms with Crippen LogP contribution in [0.3, 0.4) is 0 Å². The number of rotatable bonds is 3. The number of aliphatic hydroxyl groups is 1. The molecule has 0 bridgehead atoms. The number of benzene rings is 1. The van der Waals surface area contributed by atoms with E-state index in [1.54, 1.807) is 0 Å².